The third-order valence-corrected chi connectivity index (χ3v) is 4.60. The Balaban J connectivity index is 0.00000151. The summed E-state index contributed by atoms with van der Waals surface area (Å²) < 4.78 is 11.2. The second-order valence-electron chi connectivity index (χ2n) is 6.85. The van der Waals surface area contributed by atoms with Crippen LogP contribution in [0.25, 0.3) is 0 Å². The van der Waals surface area contributed by atoms with Gasteiger partial charge in [-0.3, -0.25) is 9.59 Å². The number of amides is 2. The lowest BCUT2D eigenvalue weighted by Gasteiger charge is -2.13. The molecule has 0 fully saturated rings. The highest BCUT2D eigenvalue weighted by molar-refractivity contribution is 6.42. The number of hydrogen-bond acceptors (Lipinski definition) is 4. The molecule has 0 radical (unpaired) electrons. The van der Waals surface area contributed by atoms with Gasteiger partial charge in [-0.15, -0.1) is 0 Å². The molecule has 1 atom stereocenters. The summed E-state index contributed by atoms with van der Waals surface area (Å²) in [4.78, 5) is 20.6. The number of ether oxygens (including phenoxy) is 2. The first-order valence-electron chi connectivity index (χ1n) is 9.58. The Kier molecular flexibility index (Phi) is 12.4. The first-order chi connectivity index (χ1) is 14.7. The fourth-order valence-electron chi connectivity index (χ4n) is 2.64. The quantitative estimate of drug-likeness (QED) is 0.421. The minimum atomic E-state index is -0.158. The highest BCUT2D eigenvalue weighted by Gasteiger charge is 2.07. The second kappa shape index (κ2) is 14.5. The minimum absolute atomic E-state index is 0.0188. The van der Waals surface area contributed by atoms with Gasteiger partial charge in [0.1, 0.15) is 19.0 Å². The normalized spacial score (nSPS) is 11.7. The van der Waals surface area contributed by atoms with Gasteiger partial charge in [0.2, 0.25) is 12.3 Å². The molecule has 0 saturated heterocycles. The number of nitrogens with one attached hydrogen (secondary N) is 1. The molecule has 0 aliphatic carbocycles. The summed E-state index contributed by atoms with van der Waals surface area (Å²) in [5.41, 5.74) is 7.37. The van der Waals surface area contributed by atoms with Crippen molar-refractivity contribution in [3.63, 3.8) is 0 Å². The van der Waals surface area contributed by atoms with Crippen LogP contribution in [0, 0.1) is 6.92 Å². The summed E-state index contributed by atoms with van der Waals surface area (Å²) >= 11 is 11.9. The Morgan fingerprint density at radius 3 is 2.52 bits per heavy atom. The van der Waals surface area contributed by atoms with E-state index in [1.165, 1.54) is 5.56 Å². The molecule has 2 rings (SSSR count). The van der Waals surface area contributed by atoms with Gasteiger partial charge >= 0.3 is 0 Å². The van der Waals surface area contributed by atoms with Crippen molar-refractivity contribution in [2.75, 3.05) is 13.2 Å². The number of carbonyl (C=O) groups is 2. The van der Waals surface area contributed by atoms with Gasteiger partial charge in [-0.25, -0.2) is 0 Å². The molecule has 0 aromatic heterocycles. The number of aryl methyl sites for hydroxylation is 1. The summed E-state index contributed by atoms with van der Waals surface area (Å²) in [6, 6.07) is 13.0. The van der Waals surface area contributed by atoms with Gasteiger partial charge in [0.05, 0.1) is 16.7 Å². The van der Waals surface area contributed by atoms with Gasteiger partial charge in [-0.1, -0.05) is 59.1 Å². The van der Waals surface area contributed by atoms with Crippen molar-refractivity contribution >= 4 is 35.5 Å². The molecule has 2 aromatic rings. The molecular formula is C23H28Cl2N2O4. The average Bonchev–Trinajstić information content (AvgIpc) is 2.69. The standard InChI is InChI=1S/C22H25Cl2NO3.CH3NO/c1-15-5-4-6-18(10-15)13-27-14-22(26)25-17(3)9-16(2)12-28-19-7-8-20(23)21(24)11-19;2-1-3/h4-11,17H,12-14H2,1-3H3,(H,25,26);1H,(H2,2,3)/b16-9+;. The lowest BCUT2D eigenvalue weighted by atomic mass is 10.1. The van der Waals surface area contributed by atoms with Crippen LogP contribution in [-0.2, 0) is 20.9 Å². The number of primary amides is 1. The smallest absolute Gasteiger partial charge is 0.246 e. The SMILES string of the molecule is C/C(=C\C(C)NC(=O)COCc1cccc(C)c1)COc1ccc(Cl)c(Cl)c1.NC=O. The van der Waals surface area contributed by atoms with E-state index in [0.717, 1.165) is 11.1 Å². The molecular weight excluding hydrogens is 439 g/mol. The van der Waals surface area contributed by atoms with E-state index in [9.17, 15) is 4.79 Å². The summed E-state index contributed by atoms with van der Waals surface area (Å²) in [7, 11) is 0. The summed E-state index contributed by atoms with van der Waals surface area (Å²) in [6.45, 7) is 6.69. The zero-order valence-electron chi connectivity index (χ0n) is 17.9. The van der Waals surface area contributed by atoms with Crippen LogP contribution >= 0.6 is 23.2 Å². The molecule has 0 aliphatic heterocycles. The van der Waals surface area contributed by atoms with Crippen LogP contribution in [0.5, 0.6) is 5.75 Å². The zero-order chi connectivity index (χ0) is 23.2. The number of nitrogens with two attached hydrogens (primary N) is 1. The first kappa shape index (κ1) is 26.5. The molecule has 31 heavy (non-hydrogen) atoms. The topological polar surface area (TPSA) is 90.7 Å². The van der Waals surface area contributed by atoms with Crippen molar-refractivity contribution < 1.29 is 19.1 Å². The molecule has 0 bridgehead atoms. The van der Waals surface area contributed by atoms with E-state index in [4.69, 9.17) is 37.5 Å². The van der Waals surface area contributed by atoms with E-state index in [-0.39, 0.29) is 25.0 Å². The maximum atomic E-state index is 12.0. The number of hydrogen-bond donors (Lipinski definition) is 2. The molecule has 168 valence electrons. The molecule has 1 unspecified atom stereocenters. The fourth-order valence-corrected chi connectivity index (χ4v) is 2.93. The van der Waals surface area contributed by atoms with Gasteiger partial charge in [0, 0.05) is 12.1 Å². The lowest BCUT2D eigenvalue weighted by molar-refractivity contribution is -0.126. The number of carbonyl (C=O) groups excluding carboxylic acids is 2. The average molecular weight is 467 g/mol. The van der Waals surface area contributed by atoms with E-state index in [1.54, 1.807) is 18.2 Å². The van der Waals surface area contributed by atoms with Crippen molar-refractivity contribution in [2.45, 2.75) is 33.4 Å². The van der Waals surface area contributed by atoms with Gasteiger partial charge in [0.15, 0.2) is 0 Å². The van der Waals surface area contributed by atoms with Crippen molar-refractivity contribution in [1.29, 1.82) is 0 Å². The van der Waals surface area contributed by atoms with Crippen LogP contribution in [0.15, 0.2) is 54.1 Å². The Hall–Kier alpha value is -2.54. The third-order valence-electron chi connectivity index (χ3n) is 3.87. The van der Waals surface area contributed by atoms with Crippen LogP contribution in [0.2, 0.25) is 10.0 Å². The maximum Gasteiger partial charge on any atom is 0.246 e. The molecule has 3 N–H and O–H groups in total. The van der Waals surface area contributed by atoms with E-state index in [1.807, 2.05) is 51.1 Å². The third kappa shape index (κ3) is 11.4. The minimum Gasteiger partial charge on any atom is -0.489 e. The van der Waals surface area contributed by atoms with E-state index >= 15 is 0 Å². The van der Waals surface area contributed by atoms with Crippen molar-refractivity contribution in [1.82, 2.24) is 5.32 Å². The zero-order valence-corrected chi connectivity index (χ0v) is 19.4. The van der Waals surface area contributed by atoms with Crippen LogP contribution in [-0.4, -0.2) is 31.6 Å². The van der Waals surface area contributed by atoms with Crippen LogP contribution in [0.1, 0.15) is 25.0 Å². The maximum absolute atomic E-state index is 12.0. The van der Waals surface area contributed by atoms with Gasteiger partial charge < -0.3 is 20.5 Å². The predicted molar refractivity (Wildman–Crippen MR) is 124 cm³/mol. The summed E-state index contributed by atoms with van der Waals surface area (Å²) in [5.74, 6) is 0.484. The predicted octanol–water partition coefficient (Wildman–Crippen LogP) is 4.45. The lowest BCUT2D eigenvalue weighted by Crippen LogP contribution is -2.34. The molecule has 2 aromatic carbocycles. The second-order valence-corrected chi connectivity index (χ2v) is 7.67. The highest BCUT2D eigenvalue weighted by Crippen LogP contribution is 2.26. The van der Waals surface area contributed by atoms with Crippen LogP contribution in [0.3, 0.4) is 0 Å². The molecule has 0 spiro atoms. The molecule has 6 nitrogen and oxygen atoms in total. The Morgan fingerprint density at radius 1 is 1.16 bits per heavy atom. The van der Waals surface area contributed by atoms with Crippen LogP contribution in [0.4, 0.5) is 0 Å². The van der Waals surface area contributed by atoms with Crippen LogP contribution < -0.4 is 15.8 Å². The molecule has 8 heteroatoms. The van der Waals surface area contributed by atoms with Crippen molar-refractivity contribution in [2.24, 2.45) is 5.73 Å². The Morgan fingerprint density at radius 2 is 1.87 bits per heavy atom. The fraction of sp³-hybridized carbons (Fsp3) is 0.304. The molecule has 0 aliphatic rings. The summed E-state index contributed by atoms with van der Waals surface area (Å²) in [5, 5.41) is 3.83. The van der Waals surface area contributed by atoms with Gasteiger partial charge in [0.25, 0.3) is 0 Å². The van der Waals surface area contributed by atoms with Gasteiger partial charge in [-0.2, -0.15) is 0 Å². The number of rotatable bonds is 9. The summed E-state index contributed by atoms with van der Waals surface area (Å²) in [6.07, 6.45) is 2.19. The van der Waals surface area contributed by atoms with Gasteiger partial charge in [-0.05, 0) is 44.0 Å². The van der Waals surface area contributed by atoms with E-state index in [0.29, 0.717) is 29.0 Å². The Bertz CT molecular complexity index is 888. The van der Waals surface area contributed by atoms with Crippen molar-refractivity contribution in [3.05, 3.63) is 75.3 Å². The highest BCUT2D eigenvalue weighted by atomic mass is 35.5. The van der Waals surface area contributed by atoms with E-state index in [2.05, 4.69) is 11.1 Å². The first-order valence-corrected chi connectivity index (χ1v) is 10.3. The van der Waals surface area contributed by atoms with E-state index < -0.39 is 0 Å². The molecule has 2 amide bonds. The van der Waals surface area contributed by atoms with Crippen molar-refractivity contribution in [3.8, 4) is 5.75 Å². The molecule has 0 saturated carbocycles. The number of halogens is 2. The largest absolute Gasteiger partial charge is 0.489 e. The number of benzene rings is 2. The Labute approximate surface area is 193 Å². The molecule has 0 heterocycles. The monoisotopic (exact) mass is 466 g/mol.